The third-order valence-corrected chi connectivity index (χ3v) is 6.00. The molecule has 0 bridgehead atoms. The van der Waals surface area contributed by atoms with Crippen LogP contribution in [-0.2, 0) is 10.0 Å². The van der Waals surface area contributed by atoms with Crippen molar-refractivity contribution in [1.82, 2.24) is 9.62 Å². The molecule has 2 fully saturated rings. The molecule has 2 aliphatic rings. The van der Waals surface area contributed by atoms with Gasteiger partial charge in [0.1, 0.15) is 0 Å². The molecule has 4 nitrogen and oxygen atoms in total. The standard InChI is InChI=1S/C12H21F3N2O2S/c13-12(14,15)6-3-9-20(18,19)17-8-2-5-11(17)10-4-1-7-16-10/h10-11,16H,1-9H2. The number of hydrogen-bond acceptors (Lipinski definition) is 3. The van der Waals surface area contributed by atoms with Crippen LogP contribution in [0.15, 0.2) is 0 Å². The number of halogens is 3. The minimum absolute atomic E-state index is 0.0756. The molecule has 118 valence electrons. The fraction of sp³-hybridized carbons (Fsp3) is 1.00. The van der Waals surface area contributed by atoms with Crippen molar-refractivity contribution < 1.29 is 21.6 Å². The van der Waals surface area contributed by atoms with Crippen molar-refractivity contribution in [1.29, 1.82) is 0 Å². The minimum atomic E-state index is -4.28. The Labute approximate surface area is 117 Å². The zero-order valence-electron chi connectivity index (χ0n) is 11.3. The van der Waals surface area contributed by atoms with Crippen LogP contribution in [0.1, 0.15) is 38.5 Å². The SMILES string of the molecule is O=S(=O)(CCCC(F)(F)F)N1CCCC1C1CCCN1. The third-order valence-electron chi connectivity index (χ3n) is 4.03. The minimum Gasteiger partial charge on any atom is -0.312 e. The number of sulfonamides is 1. The maximum atomic E-state index is 12.2. The van der Waals surface area contributed by atoms with E-state index in [0.29, 0.717) is 6.54 Å². The van der Waals surface area contributed by atoms with Crippen LogP contribution in [0, 0.1) is 0 Å². The van der Waals surface area contributed by atoms with E-state index in [1.807, 2.05) is 0 Å². The monoisotopic (exact) mass is 314 g/mol. The lowest BCUT2D eigenvalue weighted by molar-refractivity contribution is -0.134. The van der Waals surface area contributed by atoms with Crippen molar-refractivity contribution in [3.63, 3.8) is 0 Å². The predicted molar refractivity (Wildman–Crippen MR) is 69.8 cm³/mol. The van der Waals surface area contributed by atoms with Gasteiger partial charge in [0.05, 0.1) is 5.75 Å². The molecule has 0 aromatic carbocycles. The number of alkyl halides is 3. The van der Waals surface area contributed by atoms with Gasteiger partial charge >= 0.3 is 6.18 Å². The molecule has 2 aliphatic heterocycles. The second-order valence-electron chi connectivity index (χ2n) is 5.56. The van der Waals surface area contributed by atoms with E-state index in [2.05, 4.69) is 5.32 Å². The molecule has 1 N–H and O–H groups in total. The summed E-state index contributed by atoms with van der Waals surface area (Å²) in [4.78, 5) is 0. The summed E-state index contributed by atoms with van der Waals surface area (Å²) >= 11 is 0. The van der Waals surface area contributed by atoms with Gasteiger partial charge in [-0.1, -0.05) is 0 Å². The van der Waals surface area contributed by atoms with Gasteiger partial charge in [-0.3, -0.25) is 0 Å². The highest BCUT2D eigenvalue weighted by Gasteiger charge is 2.39. The number of hydrogen-bond donors (Lipinski definition) is 1. The highest BCUT2D eigenvalue weighted by molar-refractivity contribution is 7.89. The van der Waals surface area contributed by atoms with Gasteiger partial charge in [0.2, 0.25) is 10.0 Å². The van der Waals surface area contributed by atoms with Crippen LogP contribution in [0.5, 0.6) is 0 Å². The van der Waals surface area contributed by atoms with E-state index >= 15 is 0 Å². The summed E-state index contributed by atoms with van der Waals surface area (Å²) in [5.74, 6) is -0.407. The van der Waals surface area contributed by atoms with Crippen LogP contribution in [0.4, 0.5) is 13.2 Å². The molecular weight excluding hydrogens is 293 g/mol. The Hall–Kier alpha value is -0.340. The van der Waals surface area contributed by atoms with Crippen LogP contribution < -0.4 is 5.32 Å². The molecule has 0 amide bonds. The topological polar surface area (TPSA) is 49.4 Å². The highest BCUT2D eigenvalue weighted by Crippen LogP contribution is 2.29. The molecule has 8 heteroatoms. The lowest BCUT2D eigenvalue weighted by Gasteiger charge is -2.28. The summed E-state index contributed by atoms with van der Waals surface area (Å²) in [5.41, 5.74) is 0. The van der Waals surface area contributed by atoms with Gasteiger partial charge < -0.3 is 5.32 Å². The van der Waals surface area contributed by atoms with E-state index in [1.165, 1.54) is 4.31 Å². The first-order chi connectivity index (χ1) is 9.30. The van der Waals surface area contributed by atoms with Gasteiger partial charge in [-0.2, -0.15) is 17.5 Å². The molecule has 0 radical (unpaired) electrons. The van der Waals surface area contributed by atoms with Gasteiger partial charge in [-0.25, -0.2) is 8.42 Å². The molecule has 0 aromatic heterocycles. The molecule has 0 aromatic rings. The maximum Gasteiger partial charge on any atom is 0.389 e. The molecule has 2 rings (SSSR count). The molecule has 0 aliphatic carbocycles. The van der Waals surface area contributed by atoms with E-state index in [9.17, 15) is 21.6 Å². The summed E-state index contributed by atoms with van der Waals surface area (Å²) in [6, 6.07) is 0.0864. The van der Waals surface area contributed by atoms with Crippen LogP contribution in [0.2, 0.25) is 0 Å². The molecule has 2 saturated heterocycles. The fourth-order valence-electron chi connectivity index (χ4n) is 3.13. The van der Waals surface area contributed by atoms with E-state index in [-0.39, 0.29) is 18.5 Å². The molecular formula is C12H21F3N2O2S. The van der Waals surface area contributed by atoms with E-state index < -0.39 is 28.4 Å². The predicted octanol–water partition coefficient (Wildman–Crippen LogP) is 1.88. The Bertz CT molecular complexity index is 419. The summed E-state index contributed by atoms with van der Waals surface area (Å²) in [7, 11) is -3.58. The highest BCUT2D eigenvalue weighted by atomic mass is 32.2. The summed E-state index contributed by atoms with van der Waals surface area (Å²) in [6.45, 7) is 1.33. The Balaban J connectivity index is 1.93. The number of nitrogens with one attached hydrogen (secondary N) is 1. The van der Waals surface area contributed by atoms with Crippen molar-refractivity contribution in [3.05, 3.63) is 0 Å². The maximum absolute atomic E-state index is 12.2. The number of rotatable bonds is 5. The molecule has 0 spiro atoms. The van der Waals surface area contributed by atoms with E-state index in [1.54, 1.807) is 0 Å². The Morgan fingerprint density at radius 2 is 1.95 bits per heavy atom. The van der Waals surface area contributed by atoms with Crippen LogP contribution in [-0.4, -0.2) is 49.8 Å². The summed E-state index contributed by atoms with van der Waals surface area (Å²) in [6.07, 6.45) is -2.10. The first kappa shape index (κ1) is 16.0. The van der Waals surface area contributed by atoms with Crippen molar-refractivity contribution >= 4 is 10.0 Å². The van der Waals surface area contributed by atoms with Crippen molar-refractivity contribution in [2.45, 2.75) is 56.8 Å². The van der Waals surface area contributed by atoms with E-state index in [4.69, 9.17) is 0 Å². The molecule has 2 atom stereocenters. The summed E-state index contributed by atoms with van der Waals surface area (Å²) < 4.78 is 62.2. The Morgan fingerprint density at radius 1 is 1.20 bits per heavy atom. The molecule has 0 saturated carbocycles. The van der Waals surface area contributed by atoms with Gasteiger partial charge in [0, 0.05) is 25.0 Å². The zero-order valence-corrected chi connectivity index (χ0v) is 12.1. The molecule has 20 heavy (non-hydrogen) atoms. The number of nitrogens with zero attached hydrogens (tertiary/aromatic N) is 1. The lowest BCUT2D eigenvalue weighted by atomic mass is 10.1. The Kier molecular flexibility index (Phi) is 4.96. The average Bonchev–Trinajstić information content (AvgIpc) is 2.98. The zero-order chi connectivity index (χ0) is 14.8. The largest absolute Gasteiger partial charge is 0.389 e. The average molecular weight is 314 g/mol. The van der Waals surface area contributed by atoms with Gasteiger partial charge in [-0.05, 0) is 38.6 Å². The smallest absolute Gasteiger partial charge is 0.312 e. The lowest BCUT2D eigenvalue weighted by Crippen LogP contribution is -2.47. The van der Waals surface area contributed by atoms with Crippen molar-refractivity contribution in [2.24, 2.45) is 0 Å². The fourth-order valence-corrected chi connectivity index (χ4v) is 4.94. The second-order valence-corrected chi connectivity index (χ2v) is 7.60. The van der Waals surface area contributed by atoms with Crippen molar-refractivity contribution in [2.75, 3.05) is 18.8 Å². The third kappa shape index (κ3) is 4.08. The van der Waals surface area contributed by atoms with Gasteiger partial charge in [0.25, 0.3) is 0 Å². The molecule has 2 heterocycles. The van der Waals surface area contributed by atoms with Crippen LogP contribution in [0.3, 0.4) is 0 Å². The van der Waals surface area contributed by atoms with Gasteiger partial charge in [0.15, 0.2) is 0 Å². The first-order valence-corrected chi connectivity index (χ1v) is 8.70. The summed E-state index contributed by atoms with van der Waals surface area (Å²) in [5, 5.41) is 3.29. The Morgan fingerprint density at radius 3 is 2.55 bits per heavy atom. The van der Waals surface area contributed by atoms with Crippen LogP contribution >= 0.6 is 0 Å². The first-order valence-electron chi connectivity index (χ1n) is 7.09. The molecule has 2 unspecified atom stereocenters. The normalized spacial score (nSPS) is 29.1. The van der Waals surface area contributed by atoms with E-state index in [0.717, 1.165) is 32.2 Å². The van der Waals surface area contributed by atoms with Gasteiger partial charge in [-0.15, -0.1) is 0 Å². The quantitative estimate of drug-likeness (QED) is 0.843. The van der Waals surface area contributed by atoms with Crippen LogP contribution in [0.25, 0.3) is 0 Å². The van der Waals surface area contributed by atoms with Crippen molar-refractivity contribution in [3.8, 4) is 0 Å². The second kappa shape index (κ2) is 6.19.